The predicted octanol–water partition coefficient (Wildman–Crippen LogP) is -0.439. The molecule has 5 nitrogen and oxygen atoms in total. The van der Waals surface area contributed by atoms with Gasteiger partial charge in [0.05, 0.1) is 19.1 Å². The van der Waals surface area contributed by atoms with Crippen LogP contribution in [0.25, 0.3) is 0 Å². The summed E-state index contributed by atoms with van der Waals surface area (Å²) >= 11 is 0. The Morgan fingerprint density at radius 2 is 2.29 bits per heavy atom. The van der Waals surface area contributed by atoms with Crippen LogP contribution in [0, 0.1) is 5.92 Å². The summed E-state index contributed by atoms with van der Waals surface area (Å²) in [6.07, 6.45) is 3.70. The average molecular weight is 241 g/mol. The van der Waals surface area contributed by atoms with Crippen molar-refractivity contribution < 1.29 is 9.53 Å². The summed E-state index contributed by atoms with van der Waals surface area (Å²) in [7, 11) is 2.13. The third-order valence-corrected chi connectivity index (χ3v) is 3.89. The van der Waals surface area contributed by atoms with Gasteiger partial charge in [-0.1, -0.05) is 6.42 Å². The number of hydrogen-bond acceptors (Lipinski definition) is 4. The van der Waals surface area contributed by atoms with Gasteiger partial charge in [-0.3, -0.25) is 4.79 Å². The molecule has 0 aromatic carbocycles. The number of likely N-dealkylation sites (N-methyl/N-ethyl adjacent to an activating group) is 1. The molecule has 1 amide bonds. The highest BCUT2D eigenvalue weighted by molar-refractivity contribution is 5.79. The molecule has 0 aromatic heterocycles. The van der Waals surface area contributed by atoms with Crippen molar-refractivity contribution in [3.05, 3.63) is 0 Å². The summed E-state index contributed by atoms with van der Waals surface area (Å²) in [5, 5.41) is 3.01. The van der Waals surface area contributed by atoms with Crippen molar-refractivity contribution in [1.82, 2.24) is 10.2 Å². The quantitative estimate of drug-likeness (QED) is 0.703. The van der Waals surface area contributed by atoms with E-state index in [9.17, 15) is 4.79 Å². The first-order valence-electron chi connectivity index (χ1n) is 6.50. The molecule has 3 atom stereocenters. The number of nitrogens with zero attached hydrogens (tertiary/aromatic N) is 1. The van der Waals surface area contributed by atoms with E-state index in [0.717, 1.165) is 13.1 Å². The molecule has 17 heavy (non-hydrogen) atoms. The Morgan fingerprint density at radius 3 is 2.94 bits per heavy atom. The van der Waals surface area contributed by atoms with Crippen LogP contribution in [0.1, 0.15) is 19.3 Å². The molecule has 3 unspecified atom stereocenters. The van der Waals surface area contributed by atoms with Gasteiger partial charge in [0.1, 0.15) is 0 Å². The summed E-state index contributed by atoms with van der Waals surface area (Å²) < 4.78 is 5.21. The van der Waals surface area contributed by atoms with Gasteiger partial charge in [-0.25, -0.2) is 0 Å². The lowest BCUT2D eigenvalue weighted by Gasteiger charge is -2.32. The first-order valence-corrected chi connectivity index (χ1v) is 6.50. The molecular weight excluding hydrogens is 218 g/mol. The monoisotopic (exact) mass is 241 g/mol. The van der Waals surface area contributed by atoms with Crippen molar-refractivity contribution in [3.8, 4) is 0 Å². The molecule has 2 aliphatic heterocycles. The van der Waals surface area contributed by atoms with Gasteiger partial charge in [-0.15, -0.1) is 0 Å². The molecule has 2 fully saturated rings. The lowest BCUT2D eigenvalue weighted by molar-refractivity contribution is -0.125. The van der Waals surface area contributed by atoms with Gasteiger partial charge in [0.15, 0.2) is 0 Å². The summed E-state index contributed by atoms with van der Waals surface area (Å²) in [5.41, 5.74) is 5.82. The van der Waals surface area contributed by atoms with E-state index in [1.807, 2.05) is 0 Å². The molecule has 0 spiro atoms. The number of carbonyl (C=O) groups is 1. The number of amides is 1. The Kier molecular flexibility index (Phi) is 4.36. The van der Waals surface area contributed by atoms with Gasteiger partial charge in [-0.2, -0.15) is 0 Å². The van der Waals surface area contributed by atoms with Gasteiger partial charge in [-0.05, 0) is 26.4 Å². The minimum absolute atomic E-state index is 0.0500. The van der Waals surface area contributed by atoms with Crippen molar-refractivity contribution in [2.75, 3.05) is 33.4 Å². The van der Waals surface area contributed by atoms with Crippen LogP contribution in [0.3, 0.4) is 0 Å². The van der Waals surface area contributed by atoms with E-state index < -0.39 is 0 Å². The van der Waals surface area contributed by atoms with Crippen LogP contribution in [-0.2, 0) is 9.53 Å². The van der Waals surface area contributed by atoms with Crippen molar-refractivity contribution >= 4 is 5.91 Å². The first-order chi connectivity index (χ1) is 8.18. The third-order valence-electron chi connectivity index (χ3n) is 3.89. The maximum Gasteiger partial charge on any atom is 0.227 e. The van der Waals surface area contributed by atoms with E-state index >= 15 is 0 Å². The zero-order chi connectivity index (χ0) is 12.3. The number of likely N-dealkylation sites (tertiary alicyclic amines) is 1. The highest BCUT2D eigenvalue weighted by Gasteiger charge is 2.31. The van der Waals surface area contributed by atoms with Crippen LogP contribution in [0.5, 0.6) is 0 Å². The molecule has 0 bridgehead atoms. The molecule has 5 heteroatoms. The zero-order valence-corrected chi connectivity index (χ0v) is 10.5. The Morgan fingerprint density at radius 1 is 1.47 bits per heavy atom. The topological polar surface area (TPSA) is 67.6 Å². The largest absolute Gasteiger partial charge is 0.379 e. The summed E-state index contributed by atoms with van der Waals surface area (Å²) in [6, 6.07) is 0.338. The molecule has 2 aliphatic rings. The minimum atomic E-state index is -0.163. The smallest absolute Gasteiger partial charge is 0.227 e. The summed E-state index contributed by atoms with van der Waals surface area (Å²) in [5.74, 6) is -0.113. The van der Waals surface area contributed by atoms with Gasteiger partial charge in [0.25, 0.3) is 0 Å². The highest BCUT2D eigenvalue weighted by Crippen LogP contribution is 2.15. The second-order valence-electron chi connectivity index (χ2n) is 5.18. The molecule has 3 N–H and O–H groups in total. The maximum absolute atomic E-state index is 11.9. The summed E-state index contributed by atoms with van der Waals surface area (Å²) in [6.45, 7) is 2.83. The molecule has 0 aromatic rings. The second kappa shape index (κ2) is 5.80. The SMILES string of the molecule is CN1CCCCC1CNC(=O)C1COCC1N. The Hall–Kier alpha value is -0.650. The average Bonchev–Trinajstić information content (AvgIpc) is 2.74. The van der Waals surface area contributed by atoms with Crippen molar-refractivity contribution in [2.24, 2.45) is 11.7 Å². The molecule has 0 saturated carbocycles. The van der Waals surface area contributed by atoms with E-state index in [1.165, 1.54) is 19.3 Å². The second-order valence-corrected chi connectivity index (χ2v) is 5.18. The van der Waals surface area contributed by atoms with E-state index in [1.54, 1.807) is 0 Å². The number of hydrogen-bond donors (Lipinski definition) is 2. The van der Waals surface area contributed by atoms with Gasteiger partial charge >= 0.3 is 0 Å². The normalized spacial score (nSPS) is 34.8. The molecule has 2 saturated heterocycles. The third kappa shape index (κ3) is 3.18. The molecule has 2 heterocycles. The fourth-order valence-corrected chi connectivity index (χ4v) is 2.59. The van der Waals surface area contributed by atoms with Crippen LogP contribution >= 0.6 is 0 Å². The van der Waals surface area contributed by atoms with Crippen LogP contribution < -0.4 is 11.1 Å². The number of piperidine rings is 1. The lowest BCUT2D eigenvalue weighted by atomic mass is 10.0. The number of ether oxygens (including phenoxy) is 1. The Balaban J connectivity index is 1.75. The van der Waals surface area contributed by atoms with Gasteiger partial charge in [0, 0.05) is 18.6 Å². The van der Waals surface area contributed by atoms with E-state index in [0.29, 0.717) is 19.3 Å². The number of nitrogens with one attached hydrogen (secondary N) is 1. The van der Waals surface area contributed by atoms with E-state index in [2.05, 4.69) is 17.3 Å². The predicted molar refractivity (Wildman–Crippen MR) is 65.6 cm³/mol. The lowest BCUT2D eigenvalue weighted by Crippen LogP contribution is -2.48. The van der Waals surface area contributed by atoms with E-state index in [-0.39, 0.29) is 17.9 Å². The molecule has 98 valence electrons. The number of nitrogens with two attached hydrogens (primary N) is 1. The maximum atomic E-state index is 11.9. The standard InChI is InChI=1S/C12H23N3O2/c1-15-5-3-2-4-9(15)6-14-12(16)10-7-17-8-11(10)13/h9-11H,2-8,13H2,1H3,(H,14,16). The number of carbonyl (C=O) groups excluding carboxylic acids is 1. The fraction of sp³-hybridized carbons (Fsp3) is 0.917. The van der Waals surface area contributed by atoms with Crippen LogP contribution in [0.4, 0.5) is 0 Å². The molecule has 0 radical (unpaired) electrons. The van der Waals surface area contributed by atoms with Crippen LogP contribution in [0.2, 0.25) is 0 Å². The van der Waals surface area contributed by atoms with Crippen molar-refractivity contribution in [3.63, 3.8) is 0 Å². The first kappa shape index (κ1) is 12.8. The fourth-order valence-electron chi connectivity index (χ4n) is 2.59. The van der Waals surface area contributed by atoms with Crippen molar-refractivity contribution in [1.29, 1.82) is 0 Å². The Labute approximate surface area is 103 Å². The van der Waals surface area contributed by atoms with Crippen LogP contribution in [-0.4, -0.2) is 56.2 Å². The summed E-state index contributed by atoms with van der Waals surface area (Å²) in [4.78, 5) is 14.2. The van der Waals surface area contributed by atoms with Crippen molar-refractivity contribution in [2.45, 2.75) is 31.3 Å². The highest BCUT2D eigenvalue weighted by atomic mass is 16.5. The van der Waals surface area contributed by atoms with Crippen LogP contribution in [0.15, 0.2) is 0 Å². The van der Waals surface area contributed by atoms with Gasteiger partial charge in [0.2, 0.25) is 5.91 Å². The number of rotatable bonds is 3. The Bertz CT molecular complexity index is 272. The van der Waals surface area contributed by atoms with Gasteiger partial charge < -0.3 is 20.7 Å². The molecule has 2 rings (SSSR count). The minimum Gasteiger partial charge on any atom is -0.379 e. The zero-order valence-electron chi connectivity index (χ0n) is 10.5. The molecule has 0 aliphatic carbocycles. The van der Waals surface area contributed by atoms with E-state index in [4.69, 9.17) is 10.5 Å². The molecular formula is C12H23N3O2.